The number of non-ortho nitro benzene ring substituents is 1. The fourth-order valence-electron chi connectivity index (χ4n) is 4.23. The number of fused-ring (bicyclic) bond motifs is 1. The van der Waals surface area contributed by atoms with Crippen molar-refractivity contribution in [3.63, 3.8) is 0 Å². The number of hydrogen-bond acceptors (Lipinski definition) is 6. The molecule has 0 bridgehead atoms. The van der Waals surface area contributed by atoms with Gasteiger partial charge in [-0.3, -0.25) is 29.3 Å². The third-order valence-corrected chi connectivity index (χ3v) is 6.31. The molecule has 1 aliphatic heterocycles. The predicted octanol–water partition coefficient (Wildman–Crippen LogP) is 3.83. The lowest BCUT2D eigenvalue weighted by molar-refractivity contribution is -0.384. The molecule has 1 saturated heterocycles. The van der Waals surface area contributed by atoms with Crippen molar-refractivity contribution in [3.8, 4) is 0 Å². The van der Waals surface area contributed by atoms with Gasteiger partial charge in [-0.25, -0.2) is 5.01 Å². The number of nitro benzene ring substituents is 1. The SMILES string of the molecule is CC1=CC[C@@H]2C(=O)N(N(CC(=O)c3ccc([N+](=O)[O-])cc3)C(=O)c3ccc(Cl)cc3)C(=O)[C@H]2C1. The molecule has 3 amide bonds. The van der Waals surface area contributed by atoms with Gasteiger partial charge in [0.1, 0.15) is 6.54 Å². The van der Waals surface area contributed by atoms with Crippen LogP contribution in [0.25, 0.3) is 0 Å². The van der Waals surface area contributed by atoms with Gasteiger partial charge in [-0.15, -0.1) is 0 Å². The fourth-order valence-corrected chi connectivity index (χ4v) is 4.36. The molecule has 174 valence electrons. The minimum atomic E-state index is -0.711. The summed E-state index contributed by atoms with van der Waals surface area (Å²) in [5, 5.41) is 12.9. The Morgan fingerprint density at radius 1 is 1.03 bits per heavy atom. The zero-order chi connectivity index (χ0) is 24.6. The minimum Gasteiger partial charge on any atom is -0.292 e. The van der Waals surface area contributed by atoms with Crippen LogP contribution in [-0.4, -0.2) is 45.0 Å². The Hall–Kier alpha value is -3.85. The van der Waals surface area contributed by atoms with E-state index in [1.165, 1.54) is 48.5 Å². The van der Waals surface area contributed by atoms with E-state index in [-0.39, 0.29) is 16.8 Å². The number of nitro groups is 1. The molecule has 0 aromatic heterocycles. The van der Waals surface area contributed by atoms with Gasteiger partial charge in [0.15, 0.2) is 5.78 Å². The summed E-state index contributed by atoms with van der Waals surface area (Å²) >= 11 is 5.91. The van der Waals surface area contributed by atoms with Gasteiger partial charge in [0, 0.05) is 28.3 Å². The smallest absolute Gasteiger partial charge is 0.273 e. The number of imide groups is 1. The van der Waals surface area contributed by atoms with Crippen molar-refractivity contribution in [1.29, 1.82) is 0 Å². The molecule has 2 atom stereocenters. The Morgan fingerprint density at radius 2 is 1.62 bits per heavy atom. The van der Waals surface area contributed by atoms with E-state index in [1.54, 1.807) is 0 Å². The lowest BCUT2D eigenvalue weighted by Gasteiger charge is -2.30. The Balaban J connectivity index is 1.67. The number of allylic oxidation sites excluding steroid dienone is 2. The molecule has 0 radical (unpaired) electrons. The van der Waals surface area contributed by atoms with Crippen LogP contribution >= 0.6 is 11.6 Å². The first-order valence-corrected chi connectivity index (χ1v) is 10.9. The van der Waals surface area contributed by atoms with Crippen molar-refractivity contribution in [1.82, 2.24) is 10.0 Å². The molecule has 1 fully saturated rings. The van der Waals surface area contributed by atoms with Crippen LogP contribution in [0.2, 0.25) is 5.02 Å². The summed E-state index contributed by atoms with van der Waals surface area (Å²) in [7, 11) is 0. The van der Waals surface area contributed by atoms with Crippen LogP contribution in [0.1, 0.15) is 40.5 Å². The van der Waals surface area contributed by atoms with Gasteiger partial charge in [-0.1, -0.05) is 23.3 Å². The Morgan fingerprint density at radius 3 is 2.24 bits per heavy atom. The highest BCUT2D eigenvalue weighted by atomic mass is 35.5. The molecule has 1 aliphatic carbocycles. The first-order chi connectivity index (χ1) is 16.2. The average Bonchev–Trinajstić information content (AvgIpc) is 3.06. The predicted molar refractivity (Wildman–Crippen MR) is 122 cm³/mol. The van der Waals surface area contributed by atoms with Crippen molar-refractivity contribution < 1.29 is 24.1 Å². The van der Waals surface area contributed by atoms with Crippen LogP contribution in [0.15, 0.2) is 60.2 Å². The first kappa shape index (κ1) is 23.3. The zero-order valence-electron chi connectivity index (χ0n) is 18.1. The maximum atomic E-state index is 13.4. The number of hydrazine groups is 1. The number of carbonyl (C=O) groups excluding carboxylic acids is 4. The number of benzene rings is 2. The molecule has 2 aromatic rings. The number of Topliss-reactive ketones (excluding diaryl/α,β-unsaturated/α-hetero) is 1. The van der Waals surface area contributed by atoms with Crippen LogP contribution in [-0.2, 0) is 9.59 Å². The van der Waals surface area contributed by atoms with Crippen LogP contribution in [0.4, 0.5) is 5.69 Å². The quantitative estimate of drug-likeness (QED) is 0.203. The van der Waals surface area contributed by atoms with Crippen molar-refractivity contribution in [3.05, 3.63) is 86.4 Å². The molecular weight excluding hydrogens is 462 g/mol. The fraction of sp³-hybridized carbons (Fsp3) is 0.250. The third kappa shape index (κ3) is 4.34. The topological polar surface area (TPSA) is 118 Å². The van der Waals surface area contributed by atoms with Crippen LogP contribution < -0.4 is 0 Å². The molecule has 0 unspecified atom stereocenters. The van der Waals surface area contributed by atoms with Gasteiger partial charge < -0.3 is 0 Å². The van der Waals surface area contributed by atoms with Crippen LogP contribution in [0.5, 0.6) is 0 Å². The van der Waals surface area contributed by atoms with Crippen molar-refractivity contribution in [2.45, 2.75) is 19.8 Å². The van der Waals surface area contributed by atoms with E-state index in [4.69, 9.17) is 11.6 Å². The summed E-state index contributed by atoms with van der Waals surface area (Å²) in [5.41, 5.74) is 1.04. The number of rotatable bonds is 6. The molecule has 34 heavy (non-hydrogen) atoms. The average molecular weight is 482 g/mol. The van der Waals surface area contributed by atoms with Gasteiger partial charge in [0.25, 0.3) is 23.4 Å². The lowest BCUT2D eigenvalue weighted by atomic mass is 9.82. The van der Waals surface area contributed by atoms with E-state index in [9.17, 15) is 29.3 Å². The van der Waals surface area contributed by atoms with E-state index in [0.29, 0.717) is 17.9 Å². The summed E-state index contributed by atoms with van der Waals surface area (Å²) in [6.45, 7) is 1.29. The van der Waals surface area contributed by atoms with E-state index in [0.717, 1.165) is 15.6 Å². The Bertz CT molecular complexity index is 1220. The maximum absolute atomic E-state index is 13.4. The lowest BCUT2D eigenvalue weighted by Crippen LogP contribution is -2.52. The summed E-state index contributed by atoms with van der Waals surface area (Å²) < 4.78 is 0. The summed E-state index contributed by atoms with van der Waals surface area (Å²) in [4.78, 5) is 63.2. The number of carbonyl (C=O) groups is 4. The van der Waals surface area contributed by atoms with Gasteiger partial charge in [-0.05, 0) is 56.2 Å². The molecular formula is C24H20ClN3O6. The third-order valence-electron chi connectivity index (χ3n) is 6.06. The van der Waals surface area contributed by atoms with Gasteiger partial charge in [-0.2, -0.15) is 5.01 Å². The largest absolute Gasteiger partial charge is 0.292 e. The number of halogens is 1. The summed E-state index contributed by atoms with van der Waals surface area (Å²) in [6, 6.07) is 10.8. The van der Waals surface area contributed by atoms with E-state index >= 15 is 0 Å². The normalized spacial score (nSPS) is 19.5. The molecule has 0 spiro atoms. The number of ketones is 1. The van der Waals surface area contributed by atoms with Gasteiger partial charge in [0.05, 0.1) is 16.8 Å². The summed E-state index contributed by atoms with van der Waals surface area (Å²) in [6.07, 6.45) is 2.70. The van der Waals surface area contributed by atoms with Gasteiger partial charge >= 0.3 is 0 Å². The number of hydrogen-bond donors (Lipinski definition) is 0. The number of nitrogens with zero attached hydrogens (tertiary/aromatic N) is 3. The van der Waals surface area contributed by atoms with E-state index < -0.39 is 46.8 Å². The van der Waals surface area contributed by atoms with Crippen molar-refractivity contribution in [2.24, 2.45) is 11.8 Å². The molecule has 2 aliphatic rings. The molecule has 1 heterocycles. The first-order valence-electron chi connectivity index (χ1n) is 10.6. The molecule has 10 heteroatoms. The maximum Gasteiger partial charge on any atom is 0.273 e. The standard InChI is InChI=1S/C24H20ClN3O6/c1-14-2-11-19-20(12-14)24(32)27(23(19)31)26(22(30)16-3-7-17(25)8-4-16)13-21(29)15-5-9-18(10-6-15)28(33)34/h2-10,19-20H,11-13H2,1H3/t19-,20-/m0/s1. The van der Waals surface area contributed by atoms with Crippen LogP contribution in [0.3, 0.4) is 0 Å². The van der Waals surface area contributed by atoms with Crippen LogP contribution in [0, 0.1) is 22.0 Å². The monoisotopic (exact) mass is 481 g/mol. The molecule has 0 N–H and O–H groups in total. The van der Waals surface area contributed by atoms with Crippen molar-refractivity contribution >= 4 is 40.8 Å². The molecule has 0 saturated carbocycles. The van der Waals surface area contributed by atoms with E-state index in [1.807, 2.05) is 13.0 Å². The molecule has 4 rings (SSSR count). The van der Waals surface area contributed by atoms with Gasteiger partial charge in [0.2, 0.25) is 0 Å². The van der Waals surface area contributed by atoms with Crippen molar-refractivity contribution in [2.75, 3.05) is 6.54 Å². The minimum absolute atomic E-state index is 0.105. The highest BCUT2D eigenvalue weighted by Gasteiger charge is 2.51. The van der Waals surface area contributed by atoms with E-state index in [2.05, 4.69) is 0 Å². The second-order valence-electron chi connectivity index (χ2n) is 8.29. The molecule has 2 aromatic carbocycles. The Labute approximate surface area is 199 Å². The number of amides is 3. The molecule has 9 nitrogen and oxygen atoms in total. The highest BCUT2D eigenvalue weighted by Crippen LogP contribution is 2.38. The summed E-state index contributed by atoms with van der Waals surface area (Å²) in [5.74, 6) is -3.53. The second-order valence-corrected chi connectivity index (χ2v) is 8.72. The Kier molecular flexibility index (Phi) is 6.30. The highest BCUT2D eigenvalue weighted by molar-refractivity contribution is 6.30. The second kappa shape index (κ2) is 9.18. The zero-order valence-corrected chi connectivity index (χ0v) is 18.9.